The molecule has 0 aliphatic carbocycles. The standard InChI is InChI=1S/C17H31NO3/c1-16(2,3)13-7-8-14(19)18(11-9-13)12-10-15(20)21-17(4,5)6/h13H,7-12H2,1-6H3. The molecule has 0 aromatic carbocycles. The maximum absolute atomic E-state index is 12.2. The molecule has 1 rings (SSSR count). The number of rotatable bonds is 3. The Morgan fingerprint density at radius 1 is 1.19 bits per heavy atom. The molecule has 0 aromatic rings. The van der Waals surface area contributed by atoms with Crippen LogP contribution in [0.15, 0.2) is 0 Å². The molecule has 0 aromatic heterocycles. The van der Waals surface area contributed by atoms with E-state index in [0.717, 1.165) is 19.4 Å². The highest BCUT2D eigenvalue weighted by atomic mass is 16.6. The van der Waals surface area contributed by atoms with Crippen molar-refractivity contribution in [3.63, 3.8) is 0 Å². The first-order valence-corrected chi connectivity index (χ1v) is 7.98. The van der Waals surface area contributed by atoms with E-state index in [0.29, 0.717) is 18.9 Å². The number of amides is 1. The Balaban J connectivity index is 2.49. The molecule has 4 nitrogen and oxygen atoms in total. The first kappa shape index (κ1) is 18.0. The van der Waals surface area contributed by atoms with Gasteiger partial charge in [-0.15, -0.1) is 0 Å². The summed E-state index contributed by atoms with van der Waals surface area (Å²) in [5.74, 6) is 0.505. The molecular formula is C17H31NO3. The summed E-state index contributed by atoms with van der Waals surface area (Å²) in [6.07, 6.45) is 2.84. The van der Waals surface area contributed by atoms with Crippen molar-refractivity contribution in [3.05, 3.63) is 0 Å². The van der Waals surface area contributed by atoms with Crippen molar-refractivity contribution in [1.82, 2.24) is 4.90 Å². The van der Waals surface area contributed by atoms with Gasteiger partial charge < -0.3 is 9.64 Å². The maximum atomic E-state index is 12.2. The van der Waals surface area contributed by atoms with E-state index in [-0.39, 0.29) is 23.7 Å². The zero-order chi connectivity index (χ0) is 16.3. The highest BCUT2D eigenvalue weighted by Crippen LogP contribution is 2.34. The van der Waals surface area contributed by atoms with Crippen LogP contribution in [-0.4, -0.2) is 35.5 Å². The van der Waals surface area contributed by atoms with Crippen molar-refractivity contribution in [2.45, 2.75) is 72.8 Å². The van der Waals surface area contributed by atoms with Gasteiger partial charge in [-0.3, -0.25) is 9.59 Å². The molecule has 1 aliphatic rings. The van der Waals surface area contributed by atoms with Crippen LogP contribution in [0.2, 0.25) is 0 Å². The molecule has 0 N–H and O–H groups in total. The lowest BCUT2D eigenvalue weighted by atomic mass is 9.77. The maximum Gasteiger partial charge on any atom is 0.308 e. The zero-order valence-electron chi connectivity index (χ0n) is 14.5. The van der Waals surface area contributed by atoms with Gasteiger partial charge in [0.05, 0.1) is 6.42 Å². The molecule has 4 heteroatoms. The largest absolute Gasteiger partial charge is 0.460 e. The number of carbonyl (C=O) groups is 2. The summed E-state index contributed by atoms with van der Waals surface area (Å²) >= 11 is 0. The fourth-order valence-corrected chi connectivity index (χ4v) is 2.76. The Kier molecular flexibility index (Phi) is 5.83. The van der Waals surface area contributed by atoms with E-state index in [1.165, 1.54) is 0 Å². The van der Waals surface area contributed by atoms with E-state index in [9.17, 15) is 9.59 Å². The van der Waals surface area contributed by atoms with E-state index in [2.05, 4.69) is 20.8 Å². The van der Waals surface area contributed by atoms with Crippen LogP contribution in [0, 0.1) is 11.3 Å². The van der Waals surface area contributed by atoms with E-state index in [1.54, 1.807) is 0 Å². The second-order valence-corrected chi connectivity index (χ2v) is 8.11. The second kappa shape index (κ2) is 6.80. The predicted molar refractivity (Wildman–Crippen MR) is 83.8 cm³/mol. The van der Waals surface area contributed by atoms with Gasteiger partial charge in [-0.1, -0.05) is 20.8 Å². The lowest BCUT2D eigenvalue weighted by molar-refractivity contribution is -0.155. The quantitative estimate of drug-likeness (QED) is 0.750. The number of hydrogen-bond donors (Lipinski definition) is 0. The molecule has 0 spiro atoms. The third-order valence-electron chi connectivity index (χ3n) is 4.04. The average molecular weight is 297 g/mol. The van der Waals surface area contributed by atoms with Gasteiger partial charge in [0.1, 0.15) is 5.60 Å². The Morgan fingerprint density at radius 3 is 2.33 bits per heavy atom. The fraction of sp³-hybridized carbons (Fsp3) is 0.882. The van der Waals surface area contributed by atoms with Crippen LogP contribution in [0.4, 0.5) is 0 Å². The smallest absolute Gasteiger partial charge is 0.308 e. The first-order valence-electron chi connectivity index (χ1n) is 7.98. The Hall–Kier alpha value is -1.06. The summed E-state index contributed by atoms with van der Waals surface area (Å²) in [4.78, 5) is 25.7. The van der Waals surface area contributed by atoms with Crippen molar-refractivity contribution in [2.24, 2.45) is 11.3 Å². The Bertz CT molecular complexity index is 376. The van der Waals surface area contributed by atoms with Crippen LogP contribution in [-0.2, 0) is 14.3 Å². The summed E-state index contributed by atoms with van der Waals surface area (Å²) in [6.45, 7) is 13.5. The lowest BCUT2D eigenvalue weighted by Gasteiger charge is -2.29. The zero-order valence-corrected chi connectivity index (χ0v) is 14.5. The van der Waals surface area contributed by atoms with Crippen molar-refractivity contribution in [1.29, 1.82) is 0 Å². The normalized spacial score (nSPS) is 21.1. The Morgan fingerprint density at radius 2 is 1.81 bits per heavy atom. The molecule has 1 saturated heterocycles. The van der Waals surface area contributed by atoms with Crippen molar-refractivity contribution in [3.8, 4) is 0 Å². The van der Waals surface area contributed by atoms with E-state index in [4.69, 9.17) is 4.74 Å². The van der Waals surface area contributed by atoms with Gasteiger partial charge in [0.2, 0.25) is 5.91 Å². The molecule has 21 heavy (non-hydrogen) atoms. The van der Waals surface area contributed by atoms with Gasteiger partial charge in [-0.2, -0.15) is 0 Å². The minimum atomic E-state index is -0.461. The highest BCUT2D eigenvalue weighted by molar-refractivity contribution is 5.77. The molecule has 0 radical (unpaired) electrons. The minimum Gasteiger partial charge on any atom is -0.460 e. The van der Waals surface area contributed by atoms with Crippen molar-refractivity contribution in [2.75, 3.05) is 13.1 Å². The molecule has 122 valence electrons. The average Bonchev–Trinajstić information content (AvgIpc) is 2.46. The van der Waals surface area contributed by atoms with Crippen LogP contribution < -0.4 is 0 Å². The molecule has 0 saturated carbocycles. The number of likely N-dealkylation sites (tertiary alicyclic amines) is 1. The molecule has 1 atom stereocenters. The summed E-state index contributed by atoms with van der Waals surface area (Å²) in [5.41, 5.74) is -0.224. The van der Waals surface area contributed by atoms with Crippen LogP contribution in [0.1, 0.15) is 67.2 Å². The molecule has 1 unspecified atom stereocenters. The predicted octanol–water partition coefficient (Wildman–Crippen LogP) is 3.39. The fourth-order valence-electron chi connectivity index (χ4n) is 2.76. The van der Waals surface area contributed by atoms with Crippen LogP contribution >= 0.6 is 0 Å². The minimum absolute atomic E-state index is 0.172. The van der Waals surface area contributed by atoms with Gasteiger partial charge in [0.15, 0.2) is 0 Å². The number of esters is 1. The van der Waals surface area contributed by atoms with Gasteiger partial charge in [-0.05, 0) is 44.9 Å². The number of ether oxygens (including phenoxy) is 1. The van der Waals surface area contributed by atoms with Gasteiger partial charge in [0, 0.05) is 19.5 Å². The summed E-state index contributed by atoms with van der Waals surface area (Å²) in [5, 5.41) is 0. The van der Waals surface area contributed by atoms with Gasteiger partial charge >= 0.3 is 5.97 Å². The molecule has 0 bridgehead atoms. The van der Waals surface area contributed by atoms with Crippen LogP contribution in [0.25, 0.3) is 0 Å². The molecule has 1 aliphatic heterocycles. The monoisotopic (exact) mass is 297 g/mol. The third-order valence-corrected chi connectivity index (χ3v) is 4.04. The van der Waals surface area contributed by atoms with Crippen LogP contribution in [0.5, 0.6) is 0 Å². The summed E-state index contributed by atoms with van der Waals surface area (Å²) in [6, 6.07) is 0. The third kappa shape index (κ3) is 6.49. The molecule has 1 amide bonds. The topological polar surface area (TPSA) is 46.6 Å². The highest BCUT2D eigenvalue weighted by Gasteiger charge is 2.30. The number of nitrogens with zero attached hydrogens (tertiary/aromatic N) is 1. The van der Waals surface area contributed by atoms with E-state index >= 15 is 0 Å². The second-order valence-electron chi connectivity index (χ2n) is 8.11. The summed E-state index contributed by atoms with van der Waals surface area (Å²) < 4.78 is 5.29. The lowest BCUT2D eigenvalue weighted by Crippen LogP contribution is -2.34. The van der Waals surface area contributed by atoms with Crippen molar-refractivity contribution >= 4 is 11.9 Å². The molecular weight excluding hydrogens is 266 g/mol. The summed E-state index contributed by atoms with van der Waals surface area (Å²) in [7, 11) is 0. The van der Waals surface area contributed by atoms with Gasteiger partial charge in [-0.25, -0.2) is 0 Å². The molecule has 1 heterocycles. The Labute approximate surface area is 129 Å². The number of hydrogen-bond acceptors (Lipinski definition) is 3. The SMILES string of the molecule is CC(C)(C)OC(=O)CCN1CCC(C(C)(C)C)CCC1=O. The number of carbonyl (C=O) groups excluding carboxylic acids is 2. The van der Waals surface area contributed by atoms with E-state index in [1.807, 2.05) is 25.7 Å². The first-order chi connectivity index (χ1) is 9.49. The molecule has 1 fully saturated rings. The van der Waals surface area contributed by atoms with Gasteiger partial charge in [0.25, 0.3) is 0 Å². The van der Waals surface area contributed by atoms with Crippen molar-refractivity contribution < 1.29 is 14.3 Å². The van der Waals surface area contributed by atoms with Crippen LogP contribution in [0.3, 0.4) is 0 Å². The van der Waals surface area contributed by atoms with E-state index < -0.39 is 5.60 Å².